The number of ether oxygens (including phenoxy) is 1. The monoisotopic (exact) mass is 470 g/mol. The van der Waals surface area contributed by atoms with Gasteiger partial charge in [0.05, 0.1) is 5.92 Å². The van der Waals surface area contributed by atoms with E-state index in [0.29, 0.717) is 24.2 Å². The molecule has 1 aliphatic heterocycles. The zero-order valence-electron chi connectivity index (χ0n) is 19.4. The first kappa shape index (κ1) is 22.7. The summed E-state index contributed by atoms with van der Waals surface area (Å²) in [6.07, 6.45) is -0.149. The van der Waals surface area contributed by atoms with Crippen molar-refractivity contribution in [3.63, 3.8) is 0 Å². The molecule has 2 N–H and O–H groups in total. The fourth-order valence-electron chi connectivity index (χ4n) is 4.96. The first-order valence-corrected chi connectivity index (χ1v) is 11.7. The molecule has 0 spiro atoms. The van der Waals surface area contributed by atoms with Crippen molar-refractivity contribution in [3.8, 4) is 11.1 Å². The SMILES string of the molecule is Cc1ccc(C(=O)N2CCC(C(=O)O)C2)cc1NC(=O)OCC1c2ccccc2-c2ccccc21. The van der Waals surface area contributed by atoms with Gasteiger partial charge in [-0.3, -0.25) is 14.9 Å². The van der Waals surface area contributed by atoms with Crippen LogP contribution in [0.4, 0.5) is 10.5 Å². The number of nitrogens with one attached hydrogen (secondary N) is 1. The Morgan fingerprint density at radius 3 is 2.29 bits per heavy atom. The van der Waals surface area contributed by atoms with Gasteiger partial charge in [-0.2, -0.15) is 0 Å². The Morgan fingerprint density at radius 2 is 1.66 bits per heavy atom. The molecule has 3 aromatic rings. The van der Waals surface area contributed by atoms with Gasteiger partial charge in [0.25, 0.3) is 5.91 Å². The maximum Gasteiger partial charge on any atom is 0.411 e. The topological polar surface area (TPSA) is 95.9 Å². The molecule has 1 fully saturated rings. The summed E-state index contributed by atoms with van der Waals surface area (Å²) in [6.45, 7) is 2.63. The molecule has 1 unspecified atom stereocenters. The average molecular weight is 471 g/mol. The molecule has 0 saturated carbocycles. The Hall–Kier alpha value is -4.13. The van der Waals surface area contributed by atoms with E-state index in [0.717, 1.165) is 27.8 Å². The van der Waals surface area contributed by atoms with E-state index in [-0.39, 0.29) is 25.0 Å². The van der Waals surface area contributed by atoms with Gasteiger partial charge >= 0.3 is 12.1 Å². The van der Waals surface area contributed by atoms with Gasteiger partial charge in [0.1, 0.15) is 6.61 Å². The quantitative estimate of drug-likeness (QED) is 0.553. The molecular formula is C28H26N2O5. The lowest BCUT2D eigenvalue weighted by Crippen LogP contribution is -2.30. The lowest BCUT2D eigenvalue weighted by Gasteiger charge is -2.18. The molecule has 1 atom stereocenters. The molecule has 3 aromatic carbocycles. The van der Waals surface area contributed by atoms with E-state index >= 15 is 0 Å². The van der Waals surface area contributed by atoms with Crippen molar-refractivity contribution < 1.29 is 24.2 Å². The Bertz CT molecular complexity index is 1270. The van der Waals surface area contributed by atoms with Crippen molar-refractivity contribution in [1.82, 2.24) is 4.90 Å². The van der Waals surface area contributed by atoms with E-state index in [1.165, 1.54) is 0 Å². The lowest BCUT2D eigenvalue weighted by molar-refractivity contribution is -0.141. The standard InChI is InChI=1S/C28H26N2O5/c1-17-10-11-18(26(31)30-13-12-19(15-30)27(32)33)14-25(17)29-28(34)35-16-24-22-8-4-2-6-20(22)21-7-3-5-9-23(21)24/h2-11,14,19,24H,12-13,15-16H2,1H3,(H,29,34)(H,32,33). The van der Waals surface area contributed by atoms with Crippen LogP contribution in [0.3, 0.4) is 0 Å². The minimum atomic E-state index is -0.887. The summed E-state index contributed by atoms with van der Waals surface area (Å²) in [7, 11) is 0. The first-order valence-electron chi connectivity index (χ1n) is 11.7. The molecule has 0 bridgehead atoms. The van der Waals surface area contributed by atoms with Crippen LogP contribution in [0, 0.1) is 12.8 Å². The average Bonchev–Trinajstić information content (AvgIpc) is 3.48. The van der Waals surface area contributed by atoms with Crippen LogP contribution in [0.1, 0.15) is 39.4 Å². The minimum Gasteiger partial charge on any atom is -0.481 e. The number of anilines is 1. The van der Waals surface area contributed by atoms with Gasteiger partial charge in [0.2, 0.25) is 0 Å². The molecule has 1 heterocycles. The number of carboxylic acid groups (broad SMARTS) is 1. The molecule has 7 nitrogen and oxygen atoms in total. The first-order chi connectivity index (χ1) is 16.9. The number of carbonyl (C=O) groups is 3. The van der Waals surface area contributed by atoms with Crippen LogP contribution in [0.2, 0.25) is 0 Å². The number of carboxylic acids is 1. The molecule has 0 aromatic heterocycles. The highest BCUT2D eigenvalue weighted by molar-refractivity contribution is 5.97. The van der Waals surface area contributed by atoms with Crippen LogP contribution in [0.25, 0.3) is 11.1 Å². The number of nitrogens with zero attached hydrogens (tertiary/aromatic N) is 1. The van der Waals surface area contributed by atoms with Crippen molar-refractivity contribution in [2.45, 2.75) is 19.3 Å². The number of fused-ring (bicyclic) bond motifs is 3. The van der Waals surface area contributed by atoms with Crippen molar-refractivity contribution in [2.24, 2.45) is 5.92 Å². The minimum absolute atomic E-state index is 0.0421. The summed E-state index contributed by atoms with van der Waals surface area (Å²) in [4.78, 5) is 38.4. The lowest BCUT2D eigenvalue weighted by atomic mass is 9.98. The third kappa shape index (κ3) is 4.37. The maximum atomic E-state index is 12.9. The number of aliphatic carboxylic acids is 1. The Balaban J connectivity index is 1.26. The molecule has 5 rings (SSSR count). The molecule has 1 saturated heterocycles. The molecule has 35 heavy (non-hydrogen) atoms. The number of hydrogen-bond donors (Lipinski definition) is 2. The van der Waals surface area contributed by atoms with E-state index in [1.807, 2.05) is 31.2 Å². The molecule has 1 aliphatic carbocycles. The molecule has 178 valence electrons. The Morgan fingerprint density at radius 1 is 1.00 bits per heavy atom. The Kier molecular flexibility index (Phi) is 5.99. The highest BCUT2D eigenvalue weighted by Gasteiger charge is 2.32. The van der Waals surface area contributed by atoms with Crippen LogP contribution >= 0.6 is 0 Å². The van der Waals surface area contributed by atoms with Gasteiger partial charge in [0, 0.05) is 30.3 Å². The number of hydrogen-bond acceptors (Lipinski definition) is 4. The predicted octanol–water partition coefficient (Wildman–Crippen LogP) is 4.90. The molecule has 2 amide bonds. The second-order valence-corrected chi connectivity index (χ2v) is 9.06. The van der Waals surface area contributed by atoms with Gasteiger partial charge in [0.15, 0.2) is 0 Å². The van der Waals surface area contributed by atoms with Crippen LogP contribution in [-0.2, 0) is 9.53 Å². The van der Waals surface area contributed by atoms with E-state index < -0.39 is 18.0 Å². The number of likely N-dealkylation sites (tertiary alicyclic amines) is 1. The zero-order chi connectivity index (χ0) is 24.5. The zero-order valence-corrected chi connectivity index (χ0v) is 19.4. The Labute approximate surface area is 203 Å². The highest BCUT2D eigenvalue weighted by atomic mass is 16.5. The third-order valence-electron chi connectivity index (χ3n) is 6.89. The predicted molar refractivity (Wildman–Crippen MR) is 132 cm³/mol. The molecule has 2 aliphatic rings. The summed E-state index contributed by atoms with van der Waals surface area (Å²) >= 11 is 0. The fraction of sp³-hybridized carbons (Fsp3) is 0.250. The van der Waals surface area contributed by atoms with Gasteiger partial charge in [-0.15, -0.1) is 0 Å². The van der Waals surface area contributed by atoms with Crippen LogP contribution in [-0.4, -0.2) is 47.7 Å². The number of benzene rings is 3. The van der Waals surface area contributed by atoms with E-state index in [4.69, 9.17) is 4.74 Å². The second kappa shape index (κ2) is 9.25. The molecule has 7 heteroatoms. The number of amides is 2. The summed E-state index contributed by atoms with van der Waals surface area (Å²) < 4.78 is 5.63. The van der Waals surface area contributed by atoms with Gasteiger partial charge in [-0.25, -0.2) is 4.79 Å². The number of aryl methyl sites for hydroxylation is 1. The van der Waals surface area contributed by atoms with Crippen LogP contribution in [0.15, 0.2) is 66.7 Å². The van der Waals surface area contributed by atoms with E-state index in [1.54, 1.807) is 23.1 Å². The van der Waals surface area contributed by atoms with E-state index in [2.05, 4.69) is 29.6 Å². The van der Waals surface area contributed by atoms with Crippen LogP contribution in [0.5, 0.6) is 0 Å². The summed E-state index contributed by atoms with van der Waals surface area (Å²) in [6, 6.07) is 21.4. The van der Waals surface area contributed by atoms with Gasteiger partial charge in [-0.05, 0) is 53.3 Å². The number of carbonyl (C=O) groups excluding carboxylic acids is 2. The van der Waals surface area contributed by atoms with Crippen molar-refractivity contribution >= 4 is 23.7 Å². The highest BCUT2D eigenvalue weighted by Crippen LogP contribution is 2.44. The van der Waals surface area contributed by atoms with Gasteiger partial charge in [-0.1, -0.05) is 54.6 Å². The maximum absolute atomic E-state index is 12.9. The molecular weight excluding hydrogens is 444 g/mol. The van der Waals surface area contributed by atoms with E-state index in [9.17, 15) is 19.5 Å². The van der Waals surface area contributed by atoms with Gasteiger partial charge < -0.3 is 14.7 Å². The van der Waals surface area contributed by atoms with Crippen molar-refractivity contribution in [1.29, 1.82) is 0 Å². The normalized spacial score (nSPS) is 16.5. The van der Waals surface area contributed by atoms with Crippen molar-refractivity contribution in [3.05, 3.63) is 89.0 Å². The van der Waals surface area contributed by atoms with Crippen LogP contribution < -0.4 is 5.32 Å². The fourth-order valence-corrected chi connectivity index (χ4v) is 4.96. The summed E-state index contributed by atoms with van der Waals surface area (Å²) in [5.41, 5.74) is 6.26. The summed E-state index contributed by atoms with van der Waals surface area (Å²) in [5.74, 6) is -1.71. The summed E-state index contributed by atoms with van der Waals surface area (Å²) in [5, 5.41) is 12.0. The smallest absolute Gasteiger partial charge is 0.411 e. The largest absolute Gasteiger partial charge is 0.481 e. The second-order valence-electron chi connectivity index (χ2n) is 9.06. The molecule has 0 radical (unpaired) electrons. The third-order valence-corrected chi connectivity index (χ3v) is 6.89. The number of rotatable bonds is 5. The van der Waals surface area contributed by atoms with Crippen molar-refractivity contribution in [2.75, 3.05) is 25.0 Å².